The summed E-state index contributed by atoms with van der Waals surface area (Å²) in [6.07, 6.45) is 3.24. The molecular formula is C12H21N3O2. The van der Waals surface area contributed by atoms with Crippen molar-refractivity contribution in [2.75, 3.05) is 6.54 Å². The molecule has 96 valence electrons. The van der Waals surface area contributed by atoms with Crippen LogP contribution in [-0.4, -0.2) is 29.4 Å². The number of nitrogens with zero attached hydrogens (tertiary/aromatic N) is 1. The molecule has 5 nitrogen and oxygen atoms in total. The van der Waals surface area contributed by atoms with E-state index in [0.717, 1.165) is 25.7 Å². The molecule has 0 unspecified atom stereocenters. The SMILES string of the molecule is CCCCCCN1C(=O)C(C)=C(C(N)N)C1=O. The molecule has 17 heavy (non-hydrogen) atoms. The van der Waals surface area contributed by atoms with Crippen LogP contribution in [0, 0.1) is 0 Å². The molecule has 1 aliphatic rings. The molecule has 0 aromatic carbocycles. The Kier molecular flexibility index (Phi) is 4.84. The Bertz CT molecular complexity index is 348. The Balaban J connectivity index is 2.62. The van der Waals surface area contributed by atoms with Crippen LogP contribution in [0.2, 0.25) is 0 Å². The quantitative estimate of drug-likeness (QED) is 0.401. The lowest BCUT2D eigenvalue weighted by Crippen LogP contribution is -2.39. The van der Waals surface area contributed by atoms with Gasteiger partial charge in [0.05, 0.1) is 11.7 Å². The second-order valence-corrected chi connectivity index (χ2v) is 4.39. The number of imide groups is 1. The first-order valence-electron chi connectivity index (χ1n) is 6.08. The molecule has 0 spiro atoms. The summed E-state index contributed by atoms with van der Waals surface area (Å²) in [5.74, 6) is -0.568. The molecule has 0 atom stereocenters. The fourth-order valence-electron chi connectivity index (χ4n) is 2.01. The van der Waals surface area contributed by atoms with Crippen LogP contribution in [0.5, 0.6) is 0 Å². The second-order valence-electron chi connectivity index (χ2n) is 4.39. The van der Waals surface area contributed by atoms with Gasteiger partial charge in [-0.3, -0.25) is 14.5 Å². The number of unbranched alkanes of at least 4 members (excludes halogenated alkanes) is 3. The molecule has 0 bridgehead atoms. The van der Waals surface area contributed by atoms with Gasteiger partial charge in [0.25, 0.3) is 11.8 Å². The van der Waals surface area contributed by atoms with Gasteiger partial charge in [0.1, 0.15) is 0 Å². The maximum absolute atomic E-state index is 11.9. The van der Waals surface area contributed by atoms with Gasteiger partial charge in [0, 0.05) is 12.1 Å². The minimum atomic E-state index is -0.868. The molecule has 4 N–H and O–H groups in total. The van der Waals surface area contributed by atoms with Crippen LogP contribution < -0.4 is 11.5 Å². The van der Waals surface area contributed by atoms with Gasteiger partial charge in [-0.05, 0) is 13.3 Å². The molecule has 1 aliphatic heterocycles. The molecule has 0 aromatic rings. The largest absolute Gasteiger partial charge is 0.312 e. The minimum Gasteiger partial charge on any atom is -0.312 e. The Labute approximate surface area is 102 Å². The van der Waals surface area contributed by atoms with E-state index < -0.39 is 6.17 Å². The van der Waals surface area contributed by atoms with Crippen molar-refractivity contribution in [3.05, 3.63) is 11.1 Å². The van der Waals surface area contributed by atoms with Crippen molar-refractivity contribution in [2.45, 2.75) is 45.7 Å². The molecule has 0 saturated carbocycles. The van der Waals surface area contributed by atoms with E-state index in [1.807, 2.05) is 0 Å². The molecule has 0 saturated heterocycles. The first-order chi connectivity index (χ1) is 8.00. The minimum absolute atomic E-state index is 0.248. The fourth-order valence-corrected chi connectivity index (χ4v) is 2.01. The second kappa shape index (κ2) is 5.93. The number of nitrogens with two attached hydrogens (primary N) is 2. The molecule has 1 heterocycles. The summed E-state index contributed by atoms with van der Waals surface area (Å²) < 4.78 is 0. The predicted molar refractivity (Wildman–Crippen MR) is 65.7 cm³/mol. The monoisotopic (exact) mass is 239 g/mol. The van der Waals surface area contributed by atoms with E-state index in [1.54, 1.807) is 6.92 Å². The summed E-state index contributed by atoms with van der Waals surface area (Å²) in [7, 11) is 0. The van der Waals surface area contributed by atoms with Gasteiger partial charge in [0.15, 0.2) is 0 Å². The third kappa shape index (κ3) is 2.92. The van der Waals surface area contributed by atoms with E-state index in [0.29, 0.717) is 12.1 Å². The fraction of sp³-hybridized carbons (Fsp3) is 0.667. The van der Waals surface area contributed by atoms with Crippen molar-refractivity contribution in [3.63, 3.8) is 0 Å². The lowest BCUT2D eigenvalue weighted by Gasteiger charge is -2.15. The van der Waals surface area contributed by atoms with Gasteiger partial charge in [-0.25, -0.2) is 0 Å². The normalized spacial score (nSPS) is 16.6. The smallest absolute Gasteiger partial charge is 0.260 e. The topological polar surface area (TPSA) is 89.4 Å². The van der Waals surface area contributed by atoms with Crippen LogP contribution in [0.4, 0.5) is 0 Å². The molecule has 5 heteroatoms. The third-order valence-corrected chi connectivity index (χ3v) is 3.01. The van der Waals surface area contributed by atoms with Crippen molar-refractivity contribution >= 4 is 11.8 Å². The molecule has 2 amide bonds. The first kappa shape index (κ1) is 13.9. The first-order valence-corrected chi connectivity index (χ1v) is 6.08. The molecular weight excluding hydrogens is 218 g/mol. The van der Waals surface area contributed by atoms with Crippen LogP contribution >= 0.6 is 0 Å². The number of hydrogen-bond donors (Lipinski definition) is 2. The standard InChI is InChI=1S/C12H21N3O2/c1-3-4-5-6-7-15-11(16)8(2)9(10(13)14)12(15)17/h10H,3-7,13-14H2,1-2H3. The van der Waals surface area contributed by atoms with E-state index in [1.165, 1.54) is 4.90 Å². The van der Waals surface area contributed by atoms with Crippen molar-refractivity contribution in [1.29, 1.82) is 0 Å². The highest BCUT2D eigenvalue weighted by atomic mass is 16.2. The lowest BCUT2D eigenvalue weighted by molar-refractivity contribution is -0.137. The zero-order chi connectivity index (χ0) is 13.0. The molecule has 0 fully saturated rings. The van der Waals surface area contributed by atoms with E-state index in [-0.39, 0.29) is 17.4 Å². The molecule has 1 rings (SSSR count). The highest BCUT2D eigenvalue weighted by Crippen LogP contribution is 2.21. The Hall–Kier alpha value is -1.20. The van der Waals surface area contributed by atoms with Crippen LogP contribution in [-0.2, 0) is 9.59 Å². The molecule has 0 radical (unpaired) electrons. The van der Waals surface area contributed by atoms with Gasteiger partial charge in [-0.15, -0.1) is 0 Å². The van der Waals surface area contributed by atoms with E-state index in [2.05, 4.69) is 6.92 Å². The van der Waals surface area contributed by atoms with E-state index in [4.69, 9.17) is 11.5 Å². The average molecular weight is 239 g/mol. The van der Waals surface area contributed by atoms with Gasteiger partial charge in [0.2, 0.25) is 0 Å². The maximum Gasteiger partial charge on any atom is 0.260 e. The van der Waals surface area contributed by atoms with E-state index in [9.17, 15) is 9.59 Å². The van der Waals surface area contributed by atoms with Crippen LogP contribution in [0.3, 0.4) is 0 Å². The van der Waals surface area contributed by atoms with Gasteiger partial charge in [-0.1, -0.05) is 26.2 Å². The number of hydrogen-bond acceptors (Lipinski definition) is 4. The predicted octanol–water partition coefficient (Wildman–Crippen LogP) is 0.496. The van der Waals surface area contributed by atoms with Crippen molar-refractivity contribution in [3.8, 4) is 0 Å². The lowest BCUT2D eigenvalue weighted by atomic mass is 10.1. The highest BCUT2D eigenvalue weighted by Gasteiger charge is 2.36. The van der Waals surface area contributed by atoms with Crippen LogP contribution in [0.1, 0.15) is 39.5 Å². The number of rotatable bonds is 6. The Morgan fingerprint density at radius 2 is 1.76 bits per heavy atom. The number of amides is 2. The molecule has 0 aromatic heterocycles. The zero-order valence-corrected chi connectivity index (χ0v) is 10.5. The van der Waals surface area contributed by atoms with E-state index >= 15 is 0 Å². The molecule has 0 aliphatic carbocycles. The van der Waals surface area contributed by atoms with Crippen molar-refractivity contribution < 1.29 is 9.59 Å². The maximum atomic E-state index is 11.9. The zero-order valence-electron chi connectivity index (χ0n) is 10.5. The Morgan fingerprint density at radius 1 is 1.12 bits per heavy atom. The average Bonchev–Trinajstić information content (AvgIpc) is 2.47. The Morgan fingerprint density at radius 3 is 2.24 bits per heavy atom. The highest BCUT2D eigenvalue weighted by molar-refractivity contribution is 6.19. The summed E-state index contributed by atoms with van der Waals surface area (Å²) in [6, 6.07) is 0. The van der Waals surface area contributed by atoms with Crippen molar-refractivity contribution in [1.82, 2.24) is 4.90 Å². The third-order valence-electron chi connectivity index (χ3n) is 3.01. The number of carbonyl (C=O) groups excluding carboxylic acids is 2. The van der Waals surface area contributed by atoms with Gasteiger partial charge in [-0.2, -0.15) is 0 Å². The van der Waals surface area contributed by atoms with Gasteiger partial charge >= 0.3 is 0 Å². The summed E-state index contributed by atoms with van der Waals surface area (Å²) in [4.78, 5) is 25.0. The summed E-state index contributed by atoms with van der Waals surface area (Å²) in [5.41, 5.74) is 11.6. The number of carbonyl (C=O) groups is 2. The van der Waals surface area contributed by atoms with Crippen LogP contribution in [0.25, 0.3) is 0 Å². The summed E-state index contributed by atoms with van der Waals surface area (Å²) in [5, 5.41) is 0. The van der Waals surface area contributed by atoms with Crippen molar-refractivity contribution in [2.24, 2.45) is 11.5 Å². The summed E-state index contributed by atoms with van der Waals surface area (Å²) >= 11 is 0. The summed E-state index contributed by atoms with van der Waals surface area (Å²) in [6.45, 7) is 4.18. The van der Waals surface area contributed by atoms with Gasteiger partial charge < -0.3 is 11.5 Å². The van der Waals surface area contributed by atoms with Crippen LogP contribution in [0.15, 0.2) is 11.1 Å².